The average Bonchev–Trinajstić information content (AvgIpc) is 2.85. The number of esters is 1. The van der Waals surface area contributed by atoms with Crippen LogP contribution in [0.2, 0.25) is 10.0 Å². The highest BCUT2D eigenvalue weighted by Crippen LogP contribution is 2.40. The summed E-state index contributed by atoms with van der Waals surface area (Å²) in [6, 6.07) is 11.9. The molecule has 4 rings (SSSR count). The summed E-state index contributed by atoms with van der Waals surface area (Å²) in [5.41, 5.74) is 3.09. The minimum absolute atomic E-state index is 0.170. The smallest absolute Gasteiger partial charge is 0.338 e. The molecule has 0 aromatic heterocycles. The van der Waals surface area contributed by atoms with Crippen molar-refractivity contribution in [3.63, 3.8) is 0 Å². The van der Waals surface area contributed by atoms with Crippen LogP contribution in [0, 0.1) is 0 Å². The molecule has 0 radical (unpaired) electrons. The van der Waals surface area contributed by atoms with Gasteiger partial charge in [0.25, 0.3) is 5.91 Å². The van der Waals surface area contributed by atoms with Crippen molar-refractivity contribution >= 4 is 57.7 Å². The molecule has 0 bridgehead atoms. The third kappa shape index (κ3) is 5.83. The van der Waals surface area contributed by atoms with Crippen LogP contribution in [0.15, 0.2) is 58.7 Å². The quantitative estimate of drug-likeness (QED) is 0.370. The van der Waals surface area contributed by atoms with E-state index in [-0.39, 0.29) is 18.6 Å². The first kappa shape index (κ1) is 25.6. The standard InChI is InChI=1S/C25H25Cl2N3O4S/c1-15-21(24(32)34-12-11-33-2)22(30-10-3-13-35-25(30)28-15)16-4-7-18(8-5-16)29-23(31)17-6-9-19(26)20(27)14-17/h4-9,14,22H,3,10-13H2,1-2H3,(H,29,31)/t22-/m1/s1. The minimum atomic E-state index is -0.403. The Kier molecular flexibility index (Phi) is 8.38. The van der Waals surface area contributed by atoms with Crippen LogP contribution >= 0.6 is 35.0 Å². The highest BCUT2D eigenvalue weighted by molar-refractivity contribution is 8.13. The van der Waals surface area contributed by atoms with Crippen molar-refractivity contribution in [2.45, 2.75) is 19.4 Å². The van der Waals surface area contributed by atoms with E-state index in [2.05, 4.69) is 10.2 Å². The van der Waals surface area contributed by atoms with Gasteiger partial charge >= 0.3 is 5.97 Å². The third-order valence-corrected chi connectivity index (χ3v) is 7.48. The van der Waals surface area contributed by atoms with Gasteiger partial charge in [-0.1, -0.05) is 47.1 Å². The Morgan fingerprint density at radius 2 is 1.91 bits per heavy atom. The maximum atomic E-state index is 13.0. The Bertz CT molecular complexity index is 1180. The van der Waals surface area contributed by atoms with Crippen molar-refractivity contribution in [1.29, 1.82) is 0 Å². The number of aliphatic imine (C=N–C) groups is 1. The van der Waals surface area contributed by atoms with Crippen molar-refractivity contribution in [2.75, 3.05) is 37.9 Å². The number of carbonyl (C=O) groups excluding carboxylic acids is 2. The molecule has 2 aliphatic heterocycles. The summed E-state index contributed by atoms with van der Waals surface area (Å²) in [5.74, 6) is 0.289. The molecule has 1 amide bonds. The van der Waals surface area contributed by atoms with Crippen molar-refractivity contribution in [1.82, 2.24) is 4.90 Å². The summed E-state index contributed by atoms with van der Waals surface area (Å²) >= 11 is 13.7. The number of thioether (sulfide) groups is 1. The number of halogens is 2. The Hall–Kier alpha value is -2.52. The zero-order chi connectivity index (χ0) is 24.9. The predicted molar refractivity (Wildman–Crippen MR) is 140 cm³/mol. The van der Waals surface area contributed by atoms with Crippen LogP contribution in [0.25, 0.3) is 0 Å². The summed E-state index contributed by atoms with van der Waals surface area (Å²) in [5, 5.41) is 4.48. The molecule has 2 aromatic carbocycles. The third-order valence-electron chi connectivity index (χ3n) is 5.67. The Morgan fingerprint density at radius 3 is 2.63 bits per heavy atom. The summed E-state index contributed by atoms with van der Waals surface area (Å²) < 4.78 is 10.5. The van der Waals surface area contributed by atoms with Gasteiger partial charge in [-0.15, -0.1) is 0 Å². The summed E-state index contributed by atoms with van der Waals surface area (Å²) in [4.78, 5) is 32.5. The van der Waals surface area contributed by atoms with Crippen LogP contribution in [0.4, 0.5) is 5.69 Å². The molecule has 1 N–H and O–H groups in total. The number of fused-ring (bicyclic) bond motifs is 1. The van der Waals surface area contributed by atoms with E-state index in [0.717, 1.165) is 29.4 Å². The second-order valence-electron chi connectivity index (χ2n) is 8.03. The van der Waals surface area contributed by atoms with Crippen molar-refractivity contribution in [2.24, 2.45) is 4.99 Å². The second kappa shape index (κ2) is 11.5. The molecule has 184 valence electrons. The zero-order valence-electron chi connectivity index (χ0n) is 19.3. The number of carbonyl (C=O) groups is 2. The lowest BCUT2D eigenvalue weighted by atomic mass is 9.94. The zero-order valence-corrected chi connectivity index (χ0v) is 21.7. The molecular formula is C25H25Cl2N3O4S. The molecule has 2 aromatic rings. The molecule has 0 unspecified atom stereocenters. The van der Waals surface area contributed by atoms with E-state index in [1.807, 2.05) is 31.2 Å². The molecule has 7 nitrogen and oxygen atoms in total. The van der Waals surface area contributed by atoms with Gasteiger partial charge in [0.15, 0.2) is 5.17 Å². The molecule has 0 aliphatic carbocycles. The fraction of sp³-hybridized carbons (Fsp3) is 0.320. The van der Waals surface area contributed by atoms with E-state index in [4.69, 9.17) is 37.7 Å². The first-order valence-electron chi connectivity index (χ1n) is 11.1. The van der Waals surface area contributed by atoms with E-state index in [1.54, 1.807) is 31.0 Å². The summed E-state index contributed by atoms with van der Waals surface area (Å²) in [7, 11) is 1.56. The molecular weight excluding hydrogens is 509 g/mol. The van der Waals surface area contributed by atoms with Gasteiger partial charge in [0, 0.05) is 30.7 Å². The normalized spacial score (nSPS) is 17.5. The van der Waals surface area contributed by atoms with Gasteiger partial charge in [-0.3, -0.25) is 4.79 Å². The number of hydrogen-bond acceptors (Lipinski definition) is 7. The topological polar surface area (TPSA) is 80.2 Å². The van der Waals surface area contributed by atoms with Crippen LogP contribution in [0.1, 0.15) is 35.3 Å². The minimum Gasteiger partial charge on any atom is -0.460 e. The highest BCUT2D eigenvalue weighted by Gasteiger charge is 2.37. The van der Waals surface area contributed by atoms with Crippen LogP contribution in [0.3, 0.4) is 0 Å². The van der Waals surface area contributed by atoms with Gasteiger partial charge in [0.05, 0.1) is 34.0 Å². The van der Waals surface area contributed by atoms with E-state index in [0.29, 0.717) is 39.2 Å². The maximum absolute atomic E-state index is 13.0. The van der Waals surface area contributed by atoms with E-state index >= 15 is 0 Å². The molecule has 1 saturated heterocycles. The maximum Gasteiger partial charge on any atom is 0.338 e. The monoisotopic (exact) mass is 533 g/mol. The number of rotatable bonds is 7. The van der Waals surface area contributed by atoms with Crippen LogP contribution in [-0.4, -0.2) is 54.6 Å². The lowest BCUT2D eigenvalue weighted by Gasteiger charge is -2.40. The van der Waals surface area contributed by atoms with Gasteiger partial charge in [-0.2, -0.15) is 0 Å². The Morgan fingerprint density at radius 1 is 1.14 bits per heavy atom. The lowest BCUT2D eigenvalue weighted by molar-refractivity contribution is -0.141. The van der Waals surface area contributed by atoms with Crippen molar-refractivity contribution in [3.05, 3.63) is 74.9 Å². The number of nitrogens with one attached hydrogen (secondary N) is 1. The predicted octanol–water partition coefficient (Wildman–Crippen LogP) is 5.56. The molecule has 1 fully saturated rings. The number of nitrogens with zero attached hydrogens (tertiary/aromatic N) is 2. The molecule has 35 heavy (non-hydrogen) atoms. The van der Waals surface area contributed by atoms with Gasteiger partial charge in [-0.25, -0.2) is 9.79 Å². The van der Waals surface area contributed by atoms with E-state index in [1.165, 1.54) is 6.07 Å². The summed E-state index contributed by atoms with van der Waals surface area (Å²) in [6.07, 6.45) is 0.989. The molecule has 1 atom stereocenters. The van der Waals surface area contributed by atoms with Gasteiger partial charge in [-0.05, 0) is 49.2 Å². The molecule has 2 heterocycles. The van der Waals surface area contributed by atoms with Gasteiger partial charge in [0.1, 0.15) is 6.61 Å². The fourth-order valence-corrected chi connectivity index (χ4v) is 5.28. The fourth-order valence-electron chi connectivity index (χ4n) is 3.96. The number of anilines is 1. The first-order chi connectivity index (χ1) is 16.9. The number of ether oxygens (including phenoxy) is 2. The van der Waals surface area contributed by atoms with Crippen molar-refractivity contribution < 1.29 is 19.1 Å². The Balaban J connectivity index is 1.58. The molecule has 2 aliphatic rings. The number of allylic oxidation sites excluding steroid dienone is 1. The highest BCUT2D eigenvalue weighted by atomic mass is 35.5. The Labute approximate surface area is 218 Å². The number of amides is 1. The molecule has 0 spiro atoms. The SMILES string of the molecule is COCCOC(=O)C1=C(C)N=C2SCCCN2[C@@H]1c1ccc(NC(=O)c2ccc(Cl)c(Cl)c2)cc1. The van der Waals surface area contributed by atoms with E-state index in [9.17, 15) is 9.59 Å². The molecule has 10 heteroatoms. The molecule has 0 saturated carbocycles. The number of methoxy groups -OCH3 is 1. The van der Waals surface area contributed by atoms with Crippen LogP contribution in [-0.2, 0) is 14.3 Å². The number of benzene rings is 2. The average molecular weight is 534 g/mol. The van der Waals surface area contributed by atoms with E-state index < -0.39 is 5.97 Å². The lowest BCUT2D eigenvalue weighted by Crippen LogP contribution is -2.42. The van der Waals surface area contributed by atoms with Crippen LogP contribution in [0.5, 0.6) is 0 Å². The van der Waals surface area contributed by atoms with Gasteiger partial charge < -0.3 is 19.7 Å². The van der Waals surface area contributed by atoms with Crippen LogP contribution < -0.4 is 5.32 Å². The van der Waals surface area contributed by atoms with Crippen molar-refractivity contribution in [3.8, 4) is 0 Å². The largest absolute Gasteiger partial charge is 0.460 e. The summed E-state index contributed by atoms with van der Waals surface area (Å²) in [6.45, 7) is 3.12. The number of hydrogen-bond donors (Lipinski definition) is 1. The second-order valence-corrected chi connectivity index (χ2v) is 9.90. The van der Waals surface area contributed by atoms with Gasteiger partial charge in [0.2, 0.25) is 0 Å². The number of amidine groups is 1. The first-order valence-corrected chi connectivity index (χ1v) is 12.8.